The molecule has 2 aliphatic rings. The maximum atomic E-state index is 12.3. The van der Waals surface area contributed by atoms with Gasteiger partial charge in [0.05, 0.1) is 0 Å². The highest BCUT2D eigenvalue weighted by molar-refractivity contribution is 5.98. The number of fused-ring (bicyclic) bond motifs is 3. The molecule has 0 radical (unpaired) electrons. The molecule has 3 atom stereocenters. The van der Waals surface area contributed by atoms with Crippen LogP contribution in [0.4, 0.5) is 0 Å². The van der Waals surface area contributed by atoms with Gasteiger partial charge in [-0.05, 0) is 43.0 Å². The molecule has 0 spiro atoms. The van der Waals surface area contributed by atoms with Gasteiger partial charge >= 0.3 is 0 Å². The molecule has 4 rings (SSSR count). The number of nitrogens with one attached hydrogen (secondary N) is 3. The molecule has 1 saturated heterocycles. The van der Waals surface area contributed by atoms with Crippen LogP contribution >= 0.6 is 0 Å². The van der Waals surface area contributed by atoms with E-state index < -0.39 is 0 Å². The average Bonchev–Trinajstić information content (AvgIpc) is 3.13. The minimum absolute atomic E-state index is 0.0562. The molecule has 3 N–H and O–H groups in total. The first-order valence-electron chi connectivity index (χ1n) is 6.91. The van der Waals surface area contributed by atoms with Crippen LogP contribution in [0.1, 0.15) is 23.2 Å². The summed E-state index contributed by atoms with van der Waals surface area (Å²) in [6, 6.07) is 8.76. The Hall–Kier alpha value is -1.81. The van der Waals surface area contributed by atoms with Gasteiger partial charge < -0.3 is 15.6 Å². The second-order valence-electron chi connectivity index (χ2n) is 5.70. The molecule has 98 valence electrons. The van der Waals surface area contributed by atoms with Gasteiger partial charge in [0, 0.05) is 41.3 Å². The summed E-state index contributed by atoms with van der Waals surface area (Å²) in [6.07, 6.45) is 4.18. The Morgan fingerprint density at radius 1 is 1.26 bits per heavy atom. The van der Waals surface area contributed by atoms with E-state index in [1.165, 1.54) is 6.42 Å². The molecule has 2 heterocycles. The number of piperidine rings is 1. The van der Waals surface area contributed by atoms with Crippen LogP contribution in [0.3, 0.4) is 0 Å². The summed E-state index contributed by atoms with van der Waals surface area (Å²) in [5.41, 5.74) is 1.82. The number of carbonyl (C=O) groups excluding carboxylic acids is 1. The van der Waals surface area contributed by atoms with Crippen molar-refractivity contribution in [2.24, 2.45) is 5.92 Å². The van der Waals surface area contributed by atoms with Crippen molar-refractivity contribution in [2.45, 2.75) is 24.9 Å². The van der Waals surface area contributed by atoms with Crippen LogP contribution in [0.5, 0.6) is 0 Å². The summed E-state index contributed by atoms with van der Waals surface area (Å²) in [4.78, 5) is 15.4. The second-order valence-corrected chi connectivity index (χ2v) is 5.70. The van der Waals surface area contributed by atoms with Gasteiger partial charge in [-0.3, -0.25) is 4.79 Å². The first kappa shape index (κ1) is 11.1. The zero-order chi connectivity index (χ0) is 12.8. The van der Waals surface area contributed by atoms with Crippen molar-refractivity contribution in [1.82, 2.24) is 15.6 Å². The number of benzene rings is 1. The molecule has 2 bridgehead atoms. The molecule has 19 heavy (non-hydrogen) atoms. The maximum Gasteiger partial charge on any atom is 0.251 e. The zero-order valence-electron chi connectivity index (χ0n) is 10.6. The van der Waals surface area contributed by atoms with E-state index in [-0.39, 0.29) is 5.91 Å². The molecule has 2 aromatic rings. The summed E-state index contributed by atoms with van der Waals surface area (Å²) in [5.74, 6) is 0.672. The fourth-order valence-electron chi connectivity index (χ4n) is 3.46. The third kappa shape index (κ3) is 1.83. The summed E-state index contributed by atoms with van der Waals surface area (Å²) in [7, 11) is 0. The Morgan fingerprint density at radius 3 is 3.00 bits per heavy atom. The Balaban J connectivity index is 1.53. The molecule has 1 aromatic heterocycles. The van der Waals surface area contributed by atoms with Crippen molar-refractivity contribution in [3.63, 3.8) is 0 Å². The minimum Gasteiger partial charge on any atom is -0.361 e. The number of aromatic amines is 1. The first-order chi connectivity index (χ1) is 9.29. The van der Waals surface area contributed by atoms with Crippen molar-refractivity contribution in [2.75, 3.05) is 6.54 Å². The molecule has 1 aliphatic heterocycles. The number of carbonyl (C=O) groups is 1. The van der Waals surface area contributed by atoms with Gasteiger partial charge in [-0.2, -0.15) is 0 Å². The molecule has 1 saturated carbocycles. The van der Waals surface area contributed by atoms with Crippen LogP contribution < -0.4 is 10.6 Å². The Kier molecular flexibility index (Phi) is 2.38. The molecule has 1 aromatic carbocycles. The monoisotopic (exact) mass is 255 g/mol. The topological polar surface area (TPSA) is 56.9 Å². The number of H-pyrrole nitrogens is 1. The van der Waals surface area contributed by atoms with Gasteiger partial charge in [0.2, 0.25) is 0 Å². The van der Waals surface area contributed by atoms with E-state index in [1.54, 1.807) is 0 Å². The number of aromatic nitrogens is 1. The van der Waals surface area contributed by atoms with E-state index in [0.29, 0.717) is 18.0 Å². The van der Waals surface area contributed by atoms with Crippen LogP contribution in [-0.4, -0.2) is 29.5 Å². The standard InChI is InChI=1S/C15H17N3O/c19-15(18-14-7-12-6-11(14)8-17-12)10-1-2-13-9(5-10)3-4-16-13/h1-5,11-12,14,16-17H,6-8H2,(H,18,19). The van der Waals surface area contributed by atoms with Gasteiger partial charge in [-0.1, -0.05) is 0 Å². The van der Waals surface area contributed by atoms with E-state index in [9.17, 15) is 4.79 Å². The number of rotatable bonds is 2. The normalized spacial score (nSPS) is 28.9. The van der Waals surface area contributed by atoms with Crippen LogP contribution in [0.15, 0.2) is 30.5 Å². The van der Waals surface area contributed by atoms with Gasteiger partial charge in [-0.25, -0.2) is 0 Å². The molecular formula is C15H17N3O. The van der Waals surface area contributed by atoms with Crippen LogP contribution in [-0.2, 0) is 0 Å². The number of hydrogen-bond donors (Lipinski definition) is 3. The van der Waals surface area contributed by atoms with Crippen molar-refractivity contribution in [1.29, 1.82) is 0 Å². The predicted octanol–water partition coefficient (Wildman–Crippen LogP) is 1.65. The average molecular weight is 255 g/mol. The van der Waals surface area contributed by atoms with Crippen molar-refractivity contribution in [3.05, 3.63) is 36.0 Å². The van der Waals surface area contributed by atoms with Gasteiger partial charge in [0.1, 0.15) is 0 Å². The zero-order valence-corrected chi connectivity index (χ0v) is 10.6. The molecule has 3 unspecified atom stereocenters. The van der Waals surface area contributed by atoms with Crippen LogP contribution in [0.2, 0.25) is 0 Å². The Labute approximate surface area is 111 Å². The van der Waals surface area contributed by atoms with E-state index in [4.69, 9.17) is 0 Å². The molecular weight excluding hydrogens is 238 g/mol. The Bertz CT molecular complexity index is 633. The summed E-state index contributed by atoms with van der Waals surface area (Å²) in [6.45, 7) is 1.05. The van der Waals surface area contributed by atoms with E-state index >= 15 is 0 Å². The molecule has 1 amide bonds. The van der Waals surface area contributed by atoms with Crippen LogP contribution in [0.25, 0.3) is 10.9 Å². The third-order valence-electron chi connectivity index (χ3n) is 4.50. The predicted molar refractivity (Wildman–Crippen MR) is 74.1 cm³/mol. The summed E-state index contributed by atoms with van der Waals surface area (Å²) in [5, 5.41) is 7.74. The lowest BCUT2D eigenvalue weighted by Gasteiger charge is -2.23. The highest BCUT2D eigenvalue weighted by Crippen LogP contribution is 2.31. The van der Waals surface area contributed by atoms with E-state index in [0.717, 1.165) is 29.4 Å². The van der Waals surface area contributed by atoms with Gasteiger partial charge in [0.15, 0.2) is 0 Å². The summed E-state index contributed by atoms with van der Waals surface area (Å²) < 4.78 is 0. The second kappa shape index (κ2) is 4.10. The molecule has 1 aliphatic carbocycles. The lowest BCUT2D eigenvalue weighted by molar-refractivity contribution is 0.0925. The number of hydrogen-bond acceptors (Lipinski definition) is 2. The minimum atomic E-state index is 0.0562. The van der Waals surface area contributed by atoms with Crippen molar-refractivity contribution >= 4 is 16.8 Å². The highest BCUT2D eigenvalue weighted by atomic mass is 16.1. The lowest BCUT2D eigenvalue weighted by Crippen LogP contribution is -2.44. The lowest BCUT2D eigenvalue weighted by atomic mass is 10.0. The maximum absolute atomic E-state index is 12.3. The largest absolute Gasteiger partial charge is 0.361 e. The van der Waals surface area contributed by atoms with Crippen molar-refractivity contribution < 1.29 is 4.79 Å². The smallest absolute Gasteiger partial charge is 0.251 e. The van der Waals surface area contributed by atoms with E-state index in [2.05, 4.69) is 15.6 Å². The first-order valence-corrected chi connectivity index (χ1v) is 6.91. The molecule has 4 heteroatoms. The van der Waals surface area contributed by atoms with Gasteiger partial charge in [-0.15, -0.1) is 0 Å². The SMILES string of the molecule is O=C(NC1CC2CC1CN2)c1ccc2[nH]ccc2c1. The van der Waals surface area contributed by atoms with Gasteiger partial charge in [0.25, 0.3) is 5.91 Å². The third-order valence-corrected chi connectivity index (χ3v) is 4.50. The van der Waals surface area contributed by atoms with Crippen LogP contribution in [0, 0.1) is 5.92 Å². The highest BCUT2D eigenvalue weighted by Gasteiger charge is 2.39. The van der Waals surface area contributed by atoms with Crippen molar-refractivity contribution in [3.8, 4) is 0 Å². The fraction of sp³-hybridized carbons (Fsp3) is 0.400. The summed E-state index contributed by atoms with van der Waals surface area (Å²) >= 11 is 0. The fourth-order valence-corrected chi connectivity index (χ4v) is 3.46. The number of amides is 1. The molecule has 4 nitrogen and oxygen atoms in total. The molecule has 2 fully saturated rings. The van der Waals surface area contributed by atoms with E-state index in [1.807, 2.05) is 30.5 Å². The Morgan fingerprint density at radius 2 is 2.21 bits per heavy atom. The quantitative estimate of drug-likeness (QED) is 0.764.